The molecule has 0 unspecified atom stereocenters. The van der Waals surface area contributed by atoms with Crippen molar-refractivity contribution in [3.05, 3.63) is 28.6 Å². The van der Waals surface area contributed by atoms with Crippen LogP contribution in [0.2, 0.25) is 0 Å². The van der Waals surface area contributed by atoms with Gasteiger partial charge in [-0.1, -0.05) is 0 Å². The molecule has 2 heterocycles. The van der Waals surface area contributed by atoms with Gasteiger partial charge < -0.3 is 0 Å². The Morgan fingerprint density at radius 3 is 3.00 bits per heavy atom. The molecule has 0 fully saturated rings. The lowest BCUT2D eigenvalue weighted by molar-refractivity contribution is 1.05. The zero-order chi connectivity index (χ0) is 8.55. The van der Waals surface area contributed by atoms with Crippen LogP contribution in [-0.2, 0) is 0 Å². The van der Waals surface area contributed by atoms with Crippen LogP contribution in [0.4, 0.5) is 0 Å². The van der Waals surface area contributed by atoms with Crippen molar-refractivity contribution in [1.29, 1.82) is 5.26 Å². The third-order valence-corrected chi connectivity index (χ3v) is 2.03. The average molecular weight is 223 g/mol. The van der Waals surface area contributed by atoms with Gasteiger partial charge in [-0.25, -0.2) is 0 Å². The Labute approximate surface area is 76.6 Å². The molecule has 12 heavy (non-hydrogen) atoms. The molecule has 2 aromatic rings. The van der Waals surface area contributed by atoms with Crippen molar-refractivity contribution in [2.75, 3.05) is 0 Å². The lowest BCUT2D eigenvalue weighted by Crippen LogP contribution is -1.85. The molecule has 0 N–H and O–H groups in total. The summed E-state index contributed by atoms with van der Waals surface area (Å²) in [5.41, 5.74) is 1.31. The lowest BCUT2D eigenvalue weighted by Gasteiger charge is -1.92. The second kappa shape index (κ2) is 2.57. The van der Waals surface area contributed by atoms with Crippen molar-refractivity contribution in [2.24, 2.45) is 0 Å². The minimum absolute atomic E-state index is 0.586. The molecule has 0 saturated carbocycles. The van der Waals surface area contributed by atoms with Crippen LogP contribution >= 0.6 is 15.9 Å². The van der Waals surface area contributed by atoms with Crippen LogP contribution in [0.1, 0.15) is 5.56 Å². The summed E-state index contributed by atoms with van der Waals surface area (Å²) in [7, 11) is 0. The third-order valence-electron chi connectivity index (χ3n) is 1.49. The smallest absolute Gasteiger partial charge is 0.204 e. The Morgan fingerprint density at radius 1 is 1.42 bits per heavy atom. The molecule has 0 radical (unpaired) electrons. The number of halogens is 1. The normalized spacial score (nSPS) is 10.0. The van der Waals surface area contributed by atoms with Crippen LogP contribution in [0.15, 0.2) is 23.1 Å². The second-order valence-electron chi connectivity index (χ2n) is 2.23. The van der Waals surface area contributed by atoms with E-state index < -0.39 is 0 Å². The molecule has 0 spiro atoms. The summed E-state index contributed by atoms with van der Waals surface area (Å²) in [5.74, 6) is 0. The van der Waals surface area contributed by atoms with Crippen LogP contribution in [0.25, 0.3) is 5.65 Å². The van der Waals surface area contributed by atoms with Gasteiger partial charge in [-0.2, -0.15) is 5.26 Å². The van der Waals surface area contributed by atoms with Crippen LogP contribution in [0.5, 0.6) is 0 Å². The van der Waals surface area contributed by atoms with Gasteiger partial charge in [0, 0.05) is 6.20 Å². The molecule has 0 aromatic carbocycles. The molecular formula is C7H3BrN4. The van der Waals surface area contributed by atoms with Crippen LogP contribution in [0, 0.1) is 11.3 Å². The maximum Gasteiger partial charge on any atom is 0.204 e. The fraction of sp³-hybridized carbons (Fsp3) is 0. The number of nitriles is 1. The van der Waals surface area contributed by atoms with Crippen molar-refractivity contribution >= 4 is 21.6 Å². The fourth-order valence-corrected chi connectivity index (χ4v) is 1.29. The molecule has 0 aliphatic heterocycles. The van der Waals surface area contributed by atoms with Gasteiger partial charge in [-0.05, 0) is 28.1 Å². The van der Waals surface area contributed by atoms with Gasteiger partial charge >= 0.3 is 0 Å². The standard InChI is InChI=1S/C7H3BrN4/c8-7-11-10-6-2-1-5(3-9)4-12(6)7/h1-2,4H. The summed E-state index contributed by atoms with van der Waals surface area (Å²) in [6, 6.07) is 5.49. The first-order valence-corrected chi connectivity index (χ1v) is 4.01. The van der Waals surface area contributed by atoms with Gasteiger partial charge in [0.05, 0.1) is 5.56 Å². The molecule has 4 nitrogen and oxygen atoms in total. The van der Waals surface area contributed by atoms with Gasteiger partial charge in [0.25, 0.3) is 0 Å². The van der Waals surface area contributed by atoms with Crippen molar-refractivity contribution < 1.29 is 0 Å². The predicted molar refractivity (Wildman–Crippen MR) is 45.4 cm³/mol. The number of aromatic nitrogens is 3. The maximum atomic E-state index is 8.61. The number of rotatable bonds is 0. The Bertz CT molecular complexity index is 468. The summed E-state index contributed by atoms with van der Waals surface area (Å²) in [6.45, 7) is 0. The largest absolute Gasteiger partial charge is 0.276 e. The van der Waals surface area contributed by atoms with Crippen molar-refractivity contribution in [3.63, 3.8) is 0 Å². The third kappa shape index (κ3) is 0.970. The van der Waals surface area contributed by atoms with E-state index in [1.807, 2.05) is 6.07 Å². The van der Waals surface area contributed by atoms with Crippen molar-refractivity contribution in [2.45, 2.75) is 0 Å². The first kappa shape index (κ1) is 7.25. The van der Waals surface area contributed by atoms with E-state index in [1.54, 1.807) is 22.7 Å². The summed E-state index contributed by atoms with van der Waals surface area (Å²) in [5, 5.41) is 16.2. The molecule has 0 atom stereocenters. The molecular weight excluding hydrogens is 220 g/mol. The molecule has 0 aliphatic carbocycles. The highest BCUT2D eigenvalue weighted by Crippen LogP contribution is 2.10. The van der Waals surface area contributed by atoms with E-state index in [4.69, 9.17) is 5.26 Å². The quantitative estimate of drug-likeness (QED) is 0.677. The van der Waals surface area contributed by atoms with Crippen molar-refractivity contribution in [3.8, 4) is 6.07 Å². The Balaban J connectivity index is 2.82. The molecule has 0 bridgehead atoms. The summed E-state index contributed by atoms with van der Waals surface area (Å²) in [4.78, 5) is 0. The first-order valence-electron chi connectivity index (χ1n) is 3.21. The van der Waals surface area contributed by atoms with Crippen molar-refractivity contribution in [1.82, 2.24) is 14.6 Å². The second-order valence-corrected chi connectivity index (χ2v) is 2.94. The number of fused-ring (bicyclic) bond motifs is 1. The topological polar surface area (TPSA) is 54.0 Å². The van der Waals surface area contributed by atoms with Crippen LogP contribution in [0.3, 0.4) is 0 Å². The van der Waals surface area contributed by atoms with Gasteiger partial charge in [-0.15, -0.1) is 10.2 Å². The molecule has 2 aromatic heterocycles. The SMILES string of the molecule is N#Cc1ccc2nnc(Br)n2c1. The zero-order valence-electron chi connectivity index (χ0n) is 5.90. The molecule has 5 heteroatoms. The van der Waals surface area contributed by atoms with Gasteiger partial charge in [0.15, 0.2) is 5.65 Å². The Kier molecular flexibility index (Phi) is 1.55. The molecule has 0 amide bonds. The maximum absolute atomic E-state index is 8.61. The molecule has 0 aliphatic rings. The van der Waals surface area contributed by atoms with Crippen LogP contribution in [-0.4, -0.2) is 14.6 Å². The number of pyridine rings is 1. The van der Waals surface area contributed by atoms with E-state index in [1.165, 1.54) is 0 Å². The van der Waals surface area contributed by atoms with E-state index in [2.05, 4.69) is 26.1 Å². The Morgan fingerprint density at radius 2 is 2.25 bits per heavy atom. The van der Waals surface area contributed by atoms with Crippen LogP contribution < -0.4 is 0 Å². The molecule has 0 saturated heterocycles. The van der Waals surface area contributed by atoms with E-state index in [9.17, 15) is 0 Å². The summed E-state index contributed by atoms with van der Waals surface area (Å²) < 4.78 is 2.31. The summed E-state index contributed by atoms with van der Waals surface area (Å²) in [6.07, 6.45) is 1.68. The van der Waals surface area contributed by atoms with E-state index in [-0.39, 0.29) is 0 Å². The van der Waals surface area contributed by atoms with E-state index in [0.717, 1.165) is 5.65 Å². The monoisotopic (exact) mass is 222 g/mol. The van der Waals surface area contributed by atoms with Gasteiger partial charge in [-0.3, -0.25) is 4.40 Å². The lowest BCUT2D eigenvalue weighted by atomic mass is 10.3. The fourth-order valence-electron chi connectivity index (χ4n) is 0.929. The highest BCUT2D eigenvalue weighted by molar-refractivity contribution is 9.10. The van der Waals surface area contributed by atoms with E-state index in [0.29, 0.717) is 10.3 Å². The zero-order valence-corrected chi connectivity index (χ0v) is 7.48. The first-order chi connectivity index (χ1) is 5.81. The highest BCUT2D eigenvalue weighted by atomic mass is 79.9. The summed E-state index contributed by atoms with van der Waals surface area (Å²) >= 11 is 3.21. The van der Waals surface area contributed by atoms with Gasteiger partial charge in [0.1, 0.15) is 6.07 Å². The Hall–Kier alpha value is -1.41. The van der Waals surface area contributed by atoms with Gasteiger partial charge in [0.2, 0.25) is 4.73 Å². The number of nitrogens with zero attached hydrogens (tertiary/aromatic N) is 4. The average Bonchev–Trinajstić information content (AvgIpc) is 2.47. The number of hydrogen-bond acceptors (Lipinski definition) is 3. The minimum Gasteiger partial charge on any atom is -0.276 e. The predicted octanol–water partition coefficient (Wildman–Crippen LogP) is 1.36. The van der Waals surface area contributed by atoms with E-state index >= 15 is 0 Å². The minimum atomic E-state index is 0.586. The number of hydrogen-bond donors (Lipinski definition) is 0. The highest BCUT2D eigenvalue weighted by Gasteiger charge is 2.01. The molecule has 58 valence electrons. The molecule has 2 rings (SSSR count).